The van der Waals surface area contributed by atoms with Crippen molar-refractivity contribution < 1.29 is 39.0 Å². The van der Waals surface area contributed by atoms with Gasteiger partial charge in [0.2, 0.25) is 0 Å². The largest absolute Gasteiger partial charge is 0.499 e. The first-order valence-electron chi connectivity index (χ1n) is 2.65. The molecule has 0 fully saturated rings. The Labute approximate surface area is 96.6 Å². The maximum absolute atomic E-state index is 5.38. The molecule has 6 heteroatoms. The Morgan fingerprint density at radius 1 is 0.750 bits per heavy atom. The first-order valence-corrected chi connectivity index (χ1v) is 2.65. The fraction of sp³-hybridized carbons (Fsp3) is 0. The minimum Gasteiger partial charge on any atom is -0.499 e. The van der Waals surface area contributed by atoms with Gasteiger partial charge in [0.1, 0.15) is 0 Å². The normalized spacial score (nSPS) is 8.00. The Kier molecular flexibility index (Phi) is 6.32. The van der Waals surface area contributed by atoms with Crippen LogP contribution >= 0.6 is 0 Å². The van der Waals surface area contributed by atoms with Crippen LogP contribution in [0.2, 0.25) is 0 Å². The molecule has 1 aromatic rings. The number of anilines is 4. The molecule has 0 aliphatic carbocycles. The predicted molar refractivity (Wildman–Crippen MR) is 41.8 cm³/mol. The number of nitrogens with two attached hydrogens (primary N) is 4. The Morgan fingerprint density at radius 2 is 1.08 bits per heavy atom. The summed E-state index contributed by atoms with van der Waals surface area (Å²) in [6.45, 7) is 0. The quantitative estimate of drug-likeness (QED) is 0.292. The summed E-state index contributed by atoms with van der Waals surface area (Å²) in [5.41, 5.74) is 22.5. The van der Waals surface area contributed by atoms with Crippen molar-refractivity contribution in [2.24, 2.45) is 0 Å². The summed E-state index contributed by atoms with van der Waals surface area (Å²) in [5.74, 6) is 0. The number of hydrogen-bond donors (Lipinski definition) is 4. The molecule has 1 rings (SSSR count). The average molecular weight is 267 g/mol. The fourth-order valence-electron chi connectivity index (χ4n) is 0.601. The molecule has 0 saturated carbocycles. The summed E-state index contributed by atoms with van der Waals surface area (Å²) >= 11 is 0. The molecule has 0 radical (unpaired) electrons. The van der Waals surface area contributed by atoms with Gasteiger partial charge in [-0.25, -0.2) is 5.69 Å². The van der Waals surface area contributed by atoms with Crippen molar-refractivity contribution in [1.82, 2.24) is 0 Å². The topological polar surface area (TPSA) is 104 Å². The second-order valence-corrected chi connectivity index (χ2v) is 1.90. The Morgan fingerprint density at radius 3 is 1.42 bits per heavy atom. The van der Waals surface area contributed by atoms with E-state index in [1.54, 1.807) is 0 Å². The van der Waals surface area contributed by atoms with Gasteiger partial charge < -0.3 is 35.1 Å². The summed E-state index contributed by atoms with van der Waals surface area (Å²) in [7, 11) is 0. The van der Waals surface area contributed by atoms with Crippen molar-refractivity contribution in [1.29, 1.82) is 0 Å². The van der Waals surface area contributed by atoms with Crippen molar-refractivity contribution >= 4 is 22.7 Å². The van der Waals surface area contributed by atoms with Crippen LogP contribution in [0.15, 0.2) is 0 Å². The Bertz CT molecular complexity index is 241. The van der Waals surface area contributed by atoms with Crippen LogP contribution in [0.3, 0.4) is 0 Å². The molecule has 0 saturated heterocycles. The molecular weight excluding hydrogens is 259 g/mol. The minimum atomic E-state index is 0. The van der Waals surface area contributed by atoms with E-state index in [1.807, 2.05) is 0 Å². The number of rotatable bonds is 0. The van der Waals surface area contributed by atoms with Gasteiger partial charge in [-0.1, -0.05) is 0 Å². The van der Waals surface area contributed by atoms with Gasteiger partial charge in [-0.05, 0) is 0 Å². The number of hydrogen-bond acceptors (Lipinski definition) is 4. The van der Waals surface area contributed by atoms with Crippen molar-refractivity contribution in [3.05, 3.63) is 12.1 Å². The minimum absolute atomic E-state index is 0. The van der Waals surface area contributed by atoms with Crippen molar-refractivity contribution in [2.45, 2.75) is 0 Å². The zero-order valence-corrected chi connectivity index (χ0v) is 12.7. The van der Waals surface area contributed by atoms with E-state index < -0.39 is 0 Å². The van der Waals surface area contributed by atoms with E-state index in [4.69, 9.17) is 22.9 Å². The van der Waals surface area contributed by atoms with E-state index in [0.717, 1.165) is 0 Å². The molecule has 0 unspecified atom stereocenters. The second-order valence-electron chi connectivity index (χ2n) is 1.90. The molecule has 8 N–H and O–H groups in total. The zero-order valence-electron chi connectivity index (χ0n) is 6.72. The van der Waals surface area contributed by atoms with Gasteiger partial charge >= 0.3 is 0 Å². The molecule has 1 aromatic carbocycles. The Hall–Kier alpha value is -0.333. The van der Waals surface area contributed by atoms with Gasteiger partial charge in [0.05, 0.1) is 0 Å². The third-order valence-corrected chi connectivity index (χ3v) is 1.12. The molecular formula is C6H8N4Zn2-2. The van der Waals surface area contributed by atoms with E-state index in [9.17, 15) is 0 Å². The van der Waals surface area contributed by atoms with Crippen molar-refractivity contribution in [3.63, 3.8) is 0 Å². The van der Waals surface area contributed by atoms with E-state index in [-0.39, 0.29) is 61.7 Å². The number of benzene rings is 1. The molecule has 0 atom stereocenters. The summed E-state index contributed by atoms with van der Waals surface area (Å²) in [4.78, 5) is 0. The van der Waals surface area contributed by atoms with Gasteiger partial charge in [-0.2, -0.15) is 17.1 Å². The van der Waals surface area contributed by atoms with Crippen LogP contribution in [0.4, 0.5) is 22.7 Å². The third kappa shape index (κ3) is 2.96. The molecule has 0 bridgehead atoms. The molecule has 0 aliphatic heterocycles. The summed E-state index contributed by atoms with van der Waals surface area (Å²) in [5, 5.41) is 0. The molecule has 0 aliphatic rings. The Balaban J connectivity index is 0. The molecule has 0 aromatic heterocycles. The van der Waals surface area contributed by atoms with E-state index in [0.29, 0.717) is 0 Å². The van der Waals surface area contributed by atoms with Gasteiger partial charge in [-0.15, -0.1) is 0 Å². The van der Waals surface area contributed by atoms with Gasteiger partial charge in [0, 0.05) is 39.0 Å². The molecule has 0 heterocycles. The molecule has 12 heavy (non-hydrogen) atoms. The van der Waals surface area contributed by atoms with Gasteiger partial charge in [-0.3, -0.25) is 0 Å². The monoisotopic (exact) mass is 264 g/mol. The fourth-order valence-corrected chi connectivity index (χ4v) is 0.601. The molecule has 58 valence electrons. The van der Waals surface area contributed by atoms with Crippen LogP contribution < -0.4 is 22.9 Å². The van der Waals surface area contributed by atoms with E-state index in [1.165, 1.54) is 0 Å². The van der Waals surface area contributed by atoms with Crippen molar-refractivity contribution in [2.75, 3.05) is 22.9 Å². The SMILES string of the molecule is Nc1[c-]c(N)c(N)c(N)[c-]1.[Zn].[Zn]. The van der Waals surface area contributed by atoms with Crippen molar-refractivity contribution in [3.8, 4) is 0 Å². The summed E-state index contributed by atoms with van der Waals surface area (Å²) in [6, 6.07) is 5.15. The van der Waals surface area contributed by atoms with Crippen LogP contribution in [-0.2, 0) is 39.0 Å². The molecule has 0 spiro atoms. The maximum atomic E-state index is 5.38. The number of nitrogen functional groups attached to an aromatic ring is 4. The first kappa shape index (κ1) is 14.2. The first-order chi connectivity index (χ1) is 4.61. The van der Waals surface area contributed by atoms with Gasteiger partial charge in [0.25, 0.3) is 0 Å². The summed E-state index contributed by atoms with van der Waals surface area (Å²) < 4.78 is 0. The van der Waals surface area contributed by atoms with Crippen LogP contribution in [0.1, 0.15) is 0 Å². The van der Waals surface area contributed by atoms with E-state index in [2.05, 4.69) is 12.1 Å². The zero-order chi connectivity index (χ0) is 7.72. The van der Waals surface area contributed by atoms with E-state index >= 15 is 0 Å². The average Bonchev–Trinajstić information content (AvgIpc) is 1.82. The van der Waals surface area contributed by atoms with Crippen LogP contribution in [-0.4, -0.2) is 0 Å². The smallest absolute Gasteiger partial charge is 0 e. The van der Waals surface area contributed by atoms with Gasteiger partial charge in [0.15, 0.2) is 0 Å². The molecule has 4 nitrogen and oxygen atoms in total. The van der Waals surface area contributed by atoms with Crippen LogP contribution in [0.25, 0.3) is 0 Å². The summed E-state index contributed by atoms with van der Waals surface area (Å²) in [6.07, 6.45) is 0. The standard InChI is InChI=1S/C6H8N4.2Zn/c7-3-1-4(8)6(10)5(9)2-3;;/h7-10H2;;/q-2;;. The van der Waals surface area contributed by atoms with Crippen LogP contribution in [0.5, 0.6) is 0 Å². The third-order valence-electron chi connectivity index (χ3n) is 1.12. The maximum Gasteiger partial charge on any atom is 0 e. The predicted octanol–water partition coefficient (Wildman–Crippen LogP) is -0.389. The second kappa shape index (κ2) is 5.34. The van der Waals surface area contributed by atoms with Crippen LogP contribution in [0, 0.1) is 12.1 Å². The molecule has 0 amide bonds.